The largest absolute Gasteiger partial charge is 0.573 e. The molecule has 0 spiro atoms. The van der Waals surface area contributed by atoms with Gasteiger partial charge in [0, 0.05) is 18.6 Å². The molecular weight excluding hydrogens is 410 g/mol. The van der Waals surface area contributed by atoms with Gasteiger partial charge in [0.2, 0.25) is 0 Å². The summed E-state index contributed by atoms with van der Waals surface area (Å²) in [6.45, 7) is 5.29. The molecule has 11 heteroatoms. The van der Waals surface area contributed by atoms with Crippen molar-refractivity contribution < 1.29 is 31.8 Å². The summed E-state index contributed by atoms with van der Waals surface area (Å²) in [5.74, 6) is -2.70. The molecule has 1 heterocycles. The van der Waals surface area contributed by atoms with Crippen LogP contribution >= 0.6 is 0 Å². The smallest absolute Gasteiger partial charge is 0.403 e. The molecule has 2 aromatic rings. The minimum atomic E-state index is -5.04. The van der Waals surface area contributed by atoms with E-state index >= 15 is 0 Å². The second-order valence-corrected chi connectivity index (χ2v) is 7.45. The normalized spacial score (nSPS) is 13.1. The summed E-state index contributed by atoms with van der Waals surface area (Å²) >= 11 is 0. The summed E-state index contributed by atoms with van der Waals surface area (Å²) in [4.78, 5) is 31.2. The molecule has 0 saturated carbocycles. The van der Waals surface area contributed by atoms with Crippen molar-refractivity contribution in [1.82, 2.24) is 15.3 Å². The Bertz CT molecular complexity index is 967. The average Bonchev–Trinajstić information content (AvgIpc) is 2.60. The topological polar surface area (TPSA) is 93.3 Å². The molecule has 2 N–H and O–H groups in total. The number of aromatic nitrogens is 2. The van der Waals surface area contributed by atoms with Crippen molar-refractivity contribution in [3.05, 3.63) is 57.5 Å². The lowest BCUT2D eigenvalue weighted by atomic mass is 9.95. The molecule has 164 valence electrons. The van der Waals surface area contributed by atoms with E-state index < -0.39 is 40.9 Å². The number of alkyl halides is 3. The fourth-order valence-electron chi connectivity index (χ4n) is 2.49. The highest BCUT2D eigenvalue weighted by Gasteiger charge is 2.32. The number of nitrogens with one attached hydrogen (secondary N) is 2. The summed E-state index contributed by atoms with van der Waals surface area (Å²) < 4.78 is 59.6. The molecule has 0 aliphatic carbocycles. The van der Waals surface area contributed by atoms with Crippen LogP contribution in [0.4, 0.5) is 17.6 Å². The van der Waals surface area contributed by atoms with Crippen molar-refractivity contribution in [2.75, 3.05) is 13.7 Å². The number of nitrogens with zero attached hydrogens (tertiary/aromatic N) is 1. The molecule has 7 nitrogen and oxygen atoms in total. The third kappa shape index (κ3) is 6.28. The molecule has 0 bridgehead atoms. The van der Waals surface area contributed by atoms with Crippen LogP contribution in [-0.2, 0) is 10.2 Å². The van der Waals surface area contributed by atoms with Gasteiger partial charge in [0.25, 0.3) is 11.5 Å². The molecule has 2 rings (SSSR count). The molecular formula is C19H21F4N3O4. The van der Waals surface area contributed by atoms with Crippen LogP contribution in [0.1, 0.15) is 48.7 Å². The molecule has 0 unspecified atom stereocenters. The Morgan fingerprint density at radius 1 is 1.23 bits per heavy atom. The maximum absolute atomic E-state index is 14.0. The molecule has 1 aromatic heterocycles. The van der Waals surface area contributed by atoms with E-state index in [1.807, 2.05) is 0 Å². The monoisotopic (exact) mass is 431 g/mol. The molecule has 1 atom stereocenters. The molecule has 0 saturated heterocycles. The molecule has 30 heavy (non-hydrogen) atoms. The Morgan fingerprint density at radius 2 is 1.90 bits per heavy atom. The molecule has 0 fully saturated rings. The Labute approximate surface area is 169 Å². The van der Waals surface area contributed by atoms with Gasteiger partial charge in [-0.1, -0.05) is 26.8 Å². The Morgan fingerprint density at radius 3 is 2.43 bits per heavy atom. The lowest BCUT2D eigenvalue weighted by Gasteiger charge is -2.20. The van der Waals surface area contributed by atoms with E-state index in [4.69, 9.17) is 4.74 Å². The van der Waals surface area contributed by atoms with E-state index in [-0.39, 0.29) is 17.9 Å². The van der Waals surface area contributed by atoms with Crippen LogP contribution < -0.4 is 15.6 Å². The van der Waals surface area contributed by atoms with Gasteiger partial charge < -0.3 is 19.8 Å². The van der Waals surface area contributed by atoms with Gasteiger partial charge in [-0.25, -0.2) is 9.37 Å². The zero-order chi connectivity index (χ0) is 22.7. The summed E-state index contributed by atoms with van der Waals surface area (Å²) in [6.07, 6.45) is -5.04. The fraction of sp³-hybridized carbons (Fsp3) is 0.421. The number of methoxy groups -OCH3 is 1. The highest BCUT2D eigenvalue weighted by Crippen LogP contribution is 2.28. The predicted molar refractivity (Wildman–Crippen MR) is 98.7 cm³/mol. The van der Waals surface area contributed by atoms with Gasteiger partial charge in [0.1, 0.15) is 11.5 Å². The first-order valence-corrected chi connectivity index (χ1v) is 8.77. The van der Waals surface area contributed by atoms with Gasteiger partial charge in [-0.15, -0.1) is 13.2 Å². The van der Waals surface area contributed by atoms with Crippen LogP contribution in [0.3, 0.4) is 0 Å². The summed E-state index contributed by atoms with van der Waals surface area (Å²) in [6, 6.07) is 2.86. The summed E-state index contributed by atoms with van der Waals surface area (Å²) in [7, 11) is 1.33. The number of ether oxygens (including phenoxy) is 2. The van der Waals surface area contributed by atoms with E-state index in [1.54, 1.807) is 20.8 Å². The highest BCUT2D eigenvalue weighted by atomic mass is 19.4. The van der Waals surface area contributed by atoms with Crippen LogP contribution in [0.25, 0.3) is 0 Å². The summed E-state index contributed by atoms with van der Waals surface area (Å²) in [5, 5.41) is 2.54. The third-order valence-corrected chi connectivity index (χ3v) is 3.91. The first-order valence-electron chi connectivity index (χ1n) is 8.77. The molecule has 1 aromatic carbocycles. The van der Waals surface area contributed by atoms with Gasteiger partial charge >= 0.3 is 6.36 Å². The Hall–Kier alpha value is -2.95. The SMILES string of the molecule is COC[C@@H](NC(=O)c1cc(=O)[nH]c(C(C)(C)C)n1)c1ccc(OC(F)(F)F)c(F)c1. The molecule has 0 aliphatic rings. The Kier molecular flexibility index (Phi) is 6.86. The number of rotatable bonds is 6. The zero-order valence-electron chi connectivity index (χ0n) is 16.7. The standard InChI is InChI=1S/C19H21F4N3O4/c1-18(2,3)17-25-12(8-15(27)26-17)16(28)24-13(9-29-4)10-5-6-14(11(20)7-10)30-19(21,22)23/h5-8,13H,9H2,1-4H3,(H,24,28)(H,25,26,27)/t13-/m1/s1. The zero-order valence-corrected chi connectivity index (χ0v) is 16.7. The average molecular weight is 431 g/mol. The van der Waals surface area contributed by atoms with Crippen molar-refractivity contribution in [3.8, 4) is 5.75 Å². The number of carbonyl (C=O) groups excluding carboxylic acids is 1. The number of hydrogen-bond acceptors (Lipinski definition) is 5. The predicted octanol–water partition coefficient (Wildman–Crippen LogP) is 3.22. The number of benzene rings is 1. The minimum absolute atomic E-state index is 0.111. The van der Waals surface area contributed by atoms with Gasteiger partial charge in [-0.3, -0.25) is 9.59 Å². The molecule has 1 amide bonds. The second kappa shape index (κ2) is 8.82. The number of carbonyl (C=O) groups is 1. The van der Waals surface area contributed by atoms with E-state index in [9.17, 15) is 27.2 Å². The first-order chi connectivity index (χ1) is 13.8. The first kappa shape index (κ1) is 23.3. The lowest BCUT2D eigenvalue weighted by Crippen LogP contribution is -2.34. The van der Waals surface area contributed by atoms with Crippen molar-refractivity contribution in [1.29, 1.82) is 0 Å². The number of halogens is 4. The Balaban J connectivity index is 2.30. The summed E-state index contributed by atoms with van der Waals surface area (Å²) in [5.41, 5.74) is -1.08. The van der Waals surface area contributed by atoms with E-state index in [1.165, 1.54) is 13.2 Å². The second-order valence-electron chi connectivity index (χ2n) is 7.45. The van der Waals surface area contributed by atoms with E-state index in [2.05, 4.69) is 20.0 Å². The van der Waals surface area contributed by atoms with E-state index in [0.717, 1.165) is 18.2 Å². The highest BCUT2D eigenvalue weighted by molar-refractivity contribution is 5.92. The maximum atomic E-state index is 14.0. The number of H-pyrrole nitrogens is 1. The van der Waals surface area contributed by atoms with Crippen LogP contribution in [0, 0.1) is 5.82 Å². The number of amides is 1. The third-order valence-electron chi connectivity index (χ3n) is 3.91. The van der Waals surface area contributed by atoms with Crippen LogP contribution in [-0.4, -0.2) is 36.0 Å². The lowest BCUT2D eigenvalue weighted by molar-refractivity contribution is -0.275. The van der Waals surface area contributed by atoms with Gasteiger partial charge in [0.15, 0.2) is 11.6 Å². The van der Waals surface area contributed by atoms with Crippen LogP contribution in [0.5, 0.6) is 5.75 Å². The van der Waals surface area contributed by atoms with Crippen molar-refractivity contribution >= 4 is 5.91 Å². The van der Waals surface area contributed by atoms with Crippen LogP contribution in [0.15, 0.2) is 29.1 Å². The van der Waals surface area contributed by atoms with Crippen molar-refractivity contribution in [2.24, 2.45) is 0 Å². The van der Waals surface area contributed by atoms with E-state index in [0.29, 0.717) is 5.82 Å². The number of hydrogen-bond donors (Lipinski definition) is 2. The van der Waals surface area contributed by atoms with Gasteiger partial charge in [-0.05, 0) is 17.7 Å². The van der Waals surface area contributed by atoms with Gasteiger partial charge in [0.05, 0.1) is 12.6 Å². The van der Waals surface area contributed by atoms with Crippen LogP contribution in [0.2, 0.25) is 0 Å². The minimum Gasteiger partial charge on any atom is -0.403 e. The van der Waals surface area contributed by atoms with Crippen molar-refractivity contribution in [3.63, 3.8) is 0 Å². The number of aromatic amines is 1. The maximum Gasteiger partial charge on any atom is 0.573 e. The quantitative estimate of drug-likeness (QED) is 0.685. The fourth-order valence-corrected chi connectivity index (χ4v) is 2.49. The van der Waals surface area contributed by atoms with Gasteiger partial charge in [-0.2, -0.15) is 0 Å². The molecule has 0 radical (unpaired) electrons. The molecule has 0 aliphatic heterocycles. The van der Waals surface area contributed by atoms with Crippen molar-refractivity contribution in [2.45, 2.75) is 38.6 Å².